The van der Waals surface area contributed by atoms with Gasteiger partial charge < -0.3 is 10.1 Å². The molecule has 3 rings (SSSR count). The number of carbonyl (C=O) groups excluding carboxylic acids is 1. The molecule has 1 saturated carbocycles. The maximum atomic E-state index is 13.4. The Bertz CT molecular complexity index is 909. The number of ether oxygens (including phenoxy) is 1. The zero-order chi connectivity index (χ0) is 18.7. The number of hydrogen-bond donors (Lipinski definition) is 2. The van der Waals surface area contributed by atoms with Crippen molar-refractivity contribution in [2.75, 3.05) is 11.8 Å². The number of methoxy groups -OCH3 is 1. The van der Waals surface area contributed by atoms with Gasteiger partial charge in [0.1, 0.15) is 16.5 Å². The second-order valence-corrected chi connectivity index (χ2v) is 7.77. The minimum absolute atomic E-state index is 0.0484. The highest BCUT2D eigenvalue weighted by Crippen LogP contribution is 2.26. The zero-order valence-corrected chi connectivity index (χ0v) is 15.0. The van der Waals surface area contributed by atoms with Crippen molar-refractivity contribution in [1.29, 1.82) is 0 Å². The Kier molecular flexibility index (Phi) is 5.13. The monoisotopic (exact) mass is 378 g/mol. The fourth-order valence-electron chi connectivity index (χ4n) is 2.45. The van der Waals surface area contributed by atoms with Crippen molar-refractivity contribution < 1.29 is 22.3 Å². The van der Waals surface area contributed by atoms with Gasteiger partial charge >= 0.3 is 0 Å². The van der Waals surface area contributed by atoms with Gasteiger partial charge in [-0.3, -0.25) is 9.52 Å². The third-order valence-corrected chi connectivity index (χ3v) is 5.33. The molecule has 6 nitrogen and oxygen atoms in total. The van der Waals surface area contributed by atoms with E-state index in [1.54, 1.807) is 24.3 Å². The maximum absolute atomic E-state index is 13.4. The predicted molar refractivity (Wildman–Crippen MR) is 95.1 cm³/mol. The summed E-state index contributed by atoms with van der Waals surface area (Å²) in [6, 6.07) is 10.0. The van der Waals surface area contributed by atoms with E-state index in [2.05, 4.69) is 10.0 Å². The molecule has 0 atom stereocenters. The predicted octanol–water partition coefficient (Wildman–Crippen LogP) is 2.46. The SMILES string of the molecule is COc1ccc(F)cc1S(=O)(=O)Nc1ccc(CC(=O)NC2CC2)cc1. The summed E-state index contributed by atoms with van der Waals surface area (Å²) >= 11 is 0. The number of carbonyl (C=O) groups is 1. The van der Waals surface area contributed by atoms with E-state index in [1.807, 2.05) is 0 Å². The third kappa shape index (κ3) is 4.51. The summed E-state index contributed by atoms with van der Waals surface area (Å²) in [5.41, 5.74) is 1.08. The first-order valence-electron chi connectivity index (χ1n) is 8.12. The Hall–Kier alpha value is -2.61. The molecule has 0 heterocycles. The summed E-state index contributed by atoms with van der Waals surface area (Å²) in [6.45, 7) is 0. The van der Waals surface area contributed by atoms with Crippen LogP contribution in [-0.4, -0.2) is 27.5 Å². The normalized spacial score (nSPS) is 13.9. The highest BCUT2D eigenvalue weighted by atomic mass is 32.2. The molecule has 0 unspecified atom stereocenters. The van der Waals surface area contributed by atoms with Crippen LogP contribution in [0, 0.1) is 5.82 Å². The number of rotatable bonds is 7. The molecule has 0 radical (unpaired) electrons. The average molecular weight is 378 g/mol. The molecule has 26 heavy (non-hydrogen) atoms. The molecular weight excluding hydrogens is 359 g/mol. The highest BCUT2D eigenvalue weighted by Gasteiger charge is 2.23. The van der Waals surface area contributed by atoms with Crippen molar-refractivity contribution in [3.63, 3.8) is 0 Å². The van der Waals surface area contributed by atoms with E-state index in [0.717, 1.165) is 30.5 Å². The van der Waals surface area contributed by atoms with E-state index in [4.69, 9.17) is 4.74 Å². The summed E-state index contributed by atoms with van der Waals surface area (Å²) in [7, 11) is -2.70. The van der Waals surface area contributed by atoms with Gasteiger partial charge in [-0.2, -0.15) is 0 Å². The first-order valence-corrected chi connectivity index (χ1v) is 9.60. The Morgan fingerprint density at radius 3 is 2.50 bits per heavy atom. The Morgan fingerprint density at radius 2 is 1.88 bits per heavy atom. The average Bonchev–Trinajstić information content (AvgIpc) is 3.40. The number of sulfonamides is 1. The van der Waals surface area contributed by atoms with Crippen LogP contribution in [0.4, 0.5) is 10.1 Å². The molecule has 1 aliphatic rings. The van der Waals surface area contributed by atoms with Gasteiger partial charge in [-0.25, -0.2) is 12.8 Å². The second kappa shape index (κ2) is 7.33. The third-order valence-electron chi connectivity index (χ3n) is 3.93. The lowest BCUT2D eigenvalue weighted by molar-refractivity contribution is -0.120. The number of hydrogen-bond acceptors (Lipinski definition) is 4. The van der Waals surface area contributed by atoms with Crippen molar-refractivity contribution in [3.05, 3.63) is 53.8 Å². The lowest BCUT2D eigenvalue weighted by atomic mass is 10.1. The summed E-state index contributed by atoms with van der Waals surface area (Å²) in [6.07, 6.45) is 2.28. The number of halogens is 1. The molecular formula is C18H19FN2O4S. The van der Waals surface area contributed by atoms with Crippen molar-refractivity contribution in [3.8, 4) is 5.75 Å². The van der Waals surface area contributed by atoms with Crippen molar-refractivity contribution in [2.24, 2.45) is 0 Å². The Labute approximate surface area is 151 Å². The first kappa shape index (κ1) is 18.2. The molecule has 2 N–H and O–H groups in total. The van der Waals surface area contributed by atoms with Crippen LogP contribution in [0.2, 0.25) is 0 Å². The topological polar surface area (TPSA) is 84.5 Å². The van der Waals surface area contributed by atoms with Gasteiger partial charge in [0, 0.05) is 11.7 Å². The summed E-state index contributed by atoms with van der Waals surface area (Å²) in [4.78, 5) is 11.5. The van der Waals surface area contributed by atoms with Crippen molar-refractivity contribution in [1.82, 2.24) is 5.32 Å². The lowest BCUT2D eigenvalue weighted by Crippen LogP contribution is -2.26. The minimum atomic E-state index is -4.02. The van der Waals surface area contributed by atoms with Gasteiger partial charge in [0.2, 0.25) is 5.91 Å². The van der Waals surface area contributed by atoms with E-state index in [1.165, 1.54) is 13.2 Å². The fraction of sp³-hybridized carbons (Fsp3) is 0.278. The molecule has 2 aromatic rings. The molecule has 1 fully saturated rings. The molecule has 0 aromatic heterocycles. The van der Waals surface area contributed by atoms with E-state index in [0.29, 0.717) is 11.7 Å². The number of amides is 1. The van der Waals surface area contributed by atoms with Crippen molar-refractivity contribution in [2.45, 2.75) is 30.2 Å². The first-order chi connectivity index (χ1) is 12.4. The molecule has 0 spiro atoms. The lowest BCUT2D eigenvalue weighted by Gasteiger charge is -2.12. The van der Waals surface area contributed by atoms with Crippen LogP contribution in [0.3, 0.4) is 0 Å². The Balaban J connectivity index is 1.71. The van der Waals surface area contributed by atoms with Gasteiger partial charge in [-0.05, 0) is 48.7 Å². The second-order valence-electron chi connectivity index (χ2n) is 6.12. The fourth-order valence-corrected chi connectivity index (χ4v) is 3.69. The van der Waals surface area contributed by atoms with Crippen LogP contribution < -0.4 is 14.8 Å². The van der Waals surface area contributed by atoms with Crippen LogP contribution in [0.25, 0.3) is 0 Å². The molecule has 138 valence electrons. The summed E-state index contributed by atoms with van der Waals surface area (Å²) in [5.74, 6) is -0.680. The minimum Gasteiger partial charge on any atom is -0.495 e. The molecule has 1 aliphatic carbocycles. The molecule has 0 bridgehead atoms. The van der Waals surface area contributed by atoms with Crippen LogP contribution >= 0.6 is 0 Å². The summed E-state index contributed by atoms with van der Waals surface area (Å²) < 4.78 is 45.8. The summed E-state index contributed by atoms with van der Waals surface area (Å²) in [5, 5.41) is 2.89. The standard InChI is InChI=1S/C18H19FN2O4S/c1-25-16-9-4-13(19)11-17(16)26(23,24)21-15-5-2-12(3-6-15)10-18(22)20-14-7-8-14/h2-6,9,11,14,21H,7-8,10H2,1H3,(H,20,22). The van der Waals surface area contributed by atoms with Gasteiger partial charge in [-0.15, -0.1) is 0 Å². The van der Waals surface area contributed by atoms with E-state index >= 15 is 0 Å². The number of anilines is 1. The van der Waals surface area contributed by atoms with Gasteiger partial charge in [0.05, 0.1) is 13.5 Å². The number of nitrogens with one attached hydrogen (secondary N) is 2. The zero-order valence-electron chi connectivity index (χ0n) is 14.2. The van der Waals surface area contributed by atoms with Crippen molar-refractivity contribution >= 4 is 21.6 Å². The van der Waals surface area contributed by atoms with E-state index in [9.17, 15) is 17.6 Å². The van der Waals surface area contributed by atoms with Gasteiger partial charge in [-0.1, -0.05) is 12.1 Å². The maximum Gasteiger partial charge on any atom is 0.265 e. The van der Waals surface area contributed by atoms with Crippen LogP contribution in [0.15, 0.2) is 47.4 Å². The molecule has 8 heteroatoms. The Morgan fingerprint density at radius 1 is 1.19 bits per heavy atom. The van der Waals surface area contributed by atoms with E-state index in [-0.39, 0.29) is 23.0 Å². The van der Waals surface area contributed by atoms with Crippen LogP contribution in [-0.2, 0) is 21.2 Å². The smallest absolute Gasteiger partial charge is 0.265 e. The molecule has 1 amide bonds. The molecule has 0 aliphatic heterocycles. The van der Waals surface area contributed by atoms with Gasteiger partial charge in [0.25, 0.3) is 10.0 Å². The van der Waals surface area contributed by atoms with Crippen LogP contribution in [0.1, 0.15) is 18.4 Å². The quantitative estimate of drug-likeness (QED) is 0.775. The van der Waals surface area contributed by atoms with Crippen LogP contribution in [0.5, 0.6) is 5.75 Å². The number of benzene rings is 2. The van der Waals surface area contributed by atoms with E-state index < -0.39 is 15.8 Å². The largest absolute Gasteiger partial charge is 0.495 e. The van der Waals surface area contributed by atoms with Gasteiger partial charge in [0.15, 0.2) is 0 Å². The molecule has 2 aromatic carbocycles. The molecule has 0 saturated heterocycles. The highest BCUT2D eigenvalue weighted by molar-refractivity contribution is 7.92.